The van der Waals surface area contributed by atoms with Crippen LogP contribution in [-0.4, -0.2) is 57.5 Å². The first-order valence-corrected chi connectivity index (χ1v) is 9.86. The summed E-state index contributed by atoms with van der Waals surface area (Å²) in [6.07, 6.45) is 6.88. The molecule has 0 aromatic carbocycles. The molecule has 0 amide bonds. The van der Waals surface area contributed by atoms with E-state index in [1.807, 2.05) is 0 Å². The Morgan fingerprint density at radius 1 is 1.40 bits per heavy atom. The van der Waals surface area contributed by atoms with Crippen LogP contribution in [0.3, 0.4) is 0 Å². The highest BCUT2D eigenvalue weighted by molar-refractivity contribution is 7.90. The molecule has 0 aromatic rings. The maximum atomic E-state index is 11.5. The molecule has 4 nitrogen and oxygen atoms in total. The molecule has 120 valence electrons. The quantitative estimate of drug-likeness (QED) is 0.780. The van der Waals surface area contributed by atoms with Gasteiger partial charge in [0.05, 0.1) is 5.75 Å². The third-order valence-electron chi connectivity index (χ3n) is 4.78. The Hall–Kier alpha value is -0.130. The normalized spacial score (nSPS) is 29.6. The molecule has 0 aromatic heterocycles. The van der Waals surface area contributed by atoms with Crippen LogP contribution < -0.4 is 5.32 Å². The van der Waals surface area contributed by atoms with Crippen molar-refractivity contribution in [2.24, 2.45) is 5.92 Å². The van der Waals surface area contributed by atoms with Gasteiger partial charge in [0.1, 0.15) is 9.84 Å². The highest BCUT2D eigenvalue weighted by Gasteiger charge is 2.43. The monoisotopic (exact) mass is 304 g/mol. The number of likely N-dealkylation sites (N-methyl/N-ethyl adjacent to an activating group) is 2. The van der Waals surface area contributed by atoms with E-state index in [4.69, 9.17) is 0 Å². The van der Waals surface area contributed by atoms with Gasteiger partial charge in [0.15, 0.2) is 0 Å². The Kier molecular flexibility index (Phi) is 6.48. The molecular weight excluding hydrogens is 272 g/mol. The summed E-state index contributed by atoms with van der Waals surface area (Å²) in [5, 5.41) is 3.56. The average molecular weight is 305 g/mol. The molecule has 0 spiro atoms. The zero-order chi connectivity index (χ0) is 15.4. The summed E-state index contributed by atoms with van der Waals surface area (Å²) in [5.74, 6) is 0.986. The minimum atomic E-state index is -2.90. The lowest BCUT2D eigenvalue weighted by Gasteiger charge is -2.50. The lowest BCUT2D eigenvalue weighted by molar-refractivity contribution is 0.0368. The largest absolute Gasteiger partial charge is 0.312 e. The van der Waals surface area contributed by atoms with Crippen molar-refractivity contribution in [2.45, 2.75) is 57.5 Å². The van der Waals surface area contributed by atoms with Gasteiger partial charge < -0.3 is 10.2 Å². The Labute approximate surface area is 125 Å². The van der Waals surface area contributed by atoms with E-state index in [-0.39, 0.29) is 17.3 Å². The fraction of sp³-hybridized carbons (Fsp3) is 1.00. The van der Waals surface area contributed by atoms with Crippen molar-refractivity contribution in [3.8, 4) is 0 Å². The molecular formula is C15H32N2O2S. The predicted octanol–water partition coefficient (Wildman–Crippen LogP) is 1.91. The van der Waals surface area contributed by atoms with Crippen LogP contribution in [0.2, 0.25) is 0 Å². The van der Waals surface area contributed by atoms with Crippen molar-refractivity contribution in [1.29, 1.82) is 0 Å². The molecule has 1 saturated carbocycles. The first-order valence-electron chi connectivity index (χ1n) is 7.80. The topological polar surface area (TPSA) is 49.4 Å². The molecule has 20 heavy (non-hydrogen) atoms. The van der Waals surface area contributed by atoms with Gasteiger partial charge in [-0.2, -0.15) is 0 Å². The molecule has 0 radical (unpaired) electrons. The lowest BCUT2D eigenvalue weighted by atomic mass is 9.70. The van der Waals surface area contributed by atoms with E-state index < -0.39 is 9.84 Å². The Morgan fingerprint density at radius 2 is 2.05 bits per heavy atom. The van der Waals surface area contributed by atoms with Gasteiger partial charge in [-0.25, -0.2) is 8.42 Å². The van der Waals surface area contributed by atoms with Gasteiger partial charge in [-0.3, -0.25) is 0 Å². The van der Waals surface area contributed by atoms with Crippen molar-refractivity contribution < 1.29 is 8.42 Å². The van der Waals surface area contributed by atoms with Crippen molar-refractivity contribution in [3.63, 3.8) is 0 Å². The molecule has 3 atom stereocenters. The van der Waals surface area contributed by atoms with Crippen molar-refractivity contribution in [2.75, 3.05) is 32.6 Å². The van der Waals surface area contributed by atoms with Crippen molar-refractivity contribution in [3.05, 3.63) is 0 Å². The van der Waals surface area contributed by atoms with E-state index >= 15 is 0 Å². The predicted molar refractivity (Wildman–Crippen MR) is 85.8 cm³/mol. The second kappa shape index (κ2) is 7.23. The van der Waals surface area contributed by atoms with Crippen LogP contribution in [0.15, 0.2) is 0 Å². The molecule has 1 fully saturated rings. The van der Waals surface area contributed by atoms with E-state index in [0.29, 0.717) is 12.3 Å². The Morgan fingerprint density at radius 3 is 2.50 bits per heavy atom. The fourth-order valence-electron chi connectivity index (χ4n) is 3.74. The highest BCUT2D eigenvalue weighted by atomic mass is 32.2. The van der Waals surface area contributed by atoms with E-state index in [2.05, 4.69) is 38.2 Å². The van der Waals surface area contributed by atoms with Gasteiger partial charge in [0.25, 0.3) is 0 Å². The van der Waals surface area contributed by atoms with Crippen LogP contribution in [0.4, 0.5) is 0 Å². The molecule has 1 aliphatic carbocycles. The summed E-state index contributed by atoms with van der Waals surface area (Å²) in [5.41, 5.74) is 0.0956. The van der Waals surface area contributed by atoms with Gasteiger partial charge in [0, 0.05) is 17.8 Å². The molecule has 3 unspecified atom stereocenters. The third kappa shape index (κ3) is 4.71. The van der Waals surface area contributed by atoms with Crippen LogP contribution in [0.1, 0.15) is 46.0 Å². The number of hydrogen-bond acceptors (Lipinski definition) is 4. The fourth-order valence-corrected chi connectivity index (χ4v) is 4.40. The summed E-state index contributed by atoms with van der Waals surface area (Å²) in [4.78, 5) is 2.33. The molecule has 5 heteroatoms. The van der Waals surface area contributed by atoms with Gasteiger partial charge in [-0.1, -0.05) is 26.7 Å². The summed E-state index contributed by atoms with van der Waals surface area (Å²) >= 11 is 0. The van der Waals surface area contributed by atoms with Gasteiger partial charge in [-0.15, -0.1) is 0 Å². The highest BCUT2D eigenvalue weighted by Crippen LogP contribution is 2.39. The molecule has 1 N–H and O–H groups in total. The number of hydrogen-bond donors (Lipinski definition) is 1. The van der Waals surface area contributed by atoms with Crippen LogP contribution >= 0.6 is 0 Å². The number of sulfone groups is 1. The SMILES string of the molecule is CCNC(CCS(C)(=O)=O)C1(N(C)C)CCCC(C)C1. The van der Waals surface area contributed by atoms with Crippen molar-refractivity contribution >= 4 is 9.84 Å². The maximum absolute atomic E-state index is 11.5. The molecule has 0 saturated heterocycles. The van der Waals surface area contributed by atoms with Crippen molar-refractivity contribution in [1.82, 2.24) is 10.2 Å². The Bertz CT molecular complexity index is 395. The second-order valence-corrected chi connectivity index (χ2v) is 8.99. The van der Waals surface area contributed by atoms with E-state index in [1.165, 1.54) is 19.1 Å². The molecule has 0 bridgehead atoms. The number of rotatable bonds is 7. The van der Waals surface area contributed by atoms with Crippen LogP contribution in [0.25, 0.3) is 0 Å². The summed E-state index contributed by atoms with van der Waals surface area (Å²) in [6.45, 7) is 5.30. The van der Waals surface area contributed by atoms with E-state index in [9.17, 15) is 8.42 Å². The number of nitrogens with one attached hydrogen (secondary N) is 1. The third-order valence-corrected chi connectivity index (χ3v) is 5.75. The molecule has 0 aliphatic heterocycles. The standard InChI is InChI=1S/C15H32N2O2S/c1-6-16-14(9-11-20(5,18)19)15(17(3)4)10-7-8-13(2)12-15/h13-14,16H,6-12H2,1-5H3. The van der Waals surface area contributed by atoms with Crippen LogP contribution in [0.5, 0.6) is 0 Å². The second-order valence-electron chi connectivity index (χ2n) is 6.73. The average Bonchev–Trinajstić information content (AvgIpc) is 2.32. The first kappa shape index (κ1) is 17.9. The minimum Gasteiger partial charge on any atom is -0.312 e. The molecule has 1 aliphatic rings. The van der Waals surface area contributed by atoms with Gasteiger partial charge in [-0.05, 0) is 45.8 Å². The van der Waals surface area contributed by atoms with Crippen LogP contribution in [-0.2, 0) is 9.84 Å². The summed E-state index contributed by atoms with van der Waals surface area (Å²) in [7, 11) is 1.38. The first-order chi connectivity index (χ1) is 9.21. The summed E-state index contributed by atoms with van der Waals surface area (Å²) in [6, 6.07) is 0.250. The van der Waals surface area contributed by atoms with E-state index in [1.54, 1.807) is 0 Å². The summed E-state index contributed by atoms with van der Waals surface area (Å²) < 4.78 is 23.0. The van der Waals surface area contributed by atoms with Gasteiger partial charge in [0.2, 0.25) is 0 Å². The van der Waals surface area contributed by atoms with Gasteiger partial charge >= 0.3 is 0 Å². The Balaban J connectivity index is 2.93. The maximum Gasteiger partial charge on any atom is 0.147 e. The minimum absolute atomic E-state index is 0.0956. The smallest absolute Gasteiger partial charge is 0.147 e. The lowest BCUT2D eigenvalue weighted by Crippen LogP contribution is -2.61. The zero-order valence-electron chi connectivity index (χ0n) is 13.8. The molecule has 0 heterocycles. The zero-order valence-corrected chi connectivity index (χ0v) is 14.6. The van der Waals surface area contributed by atoms with Crippen LogP contribution in [0, 0.1) is 5.92 Å². The van der Waals surface area contributed by atoms with E-state index in [0.717, 1.165) is 19.4 Å². The molecule has 1 rings (SSSR count). The number of nitrogens with zero attached hydrogens (tertiary/aromatic N) is 1.